The standard InChI is InChI=1S/C12H14N4O3/c1-17-9-5-3-4-8(6-9)7-19-12-15-10(13)14-11(16-12)18-2/h3-6H,7H2,1-2H3,(H2,13,14,15,16). The summed E-state index contributed by atoms with van der Waals surface area (Å²) >= 11 is 0. The first kappa shape index (κ1) is 12.9. The molecule has 0 fully saturated rings. The lowest BCUT2D eigenvalue weighted by molar-refractivity contribution is 0.270. The van der Waals surface area contributed by atoms with Crippen LogP contribution in [0, 0.1) is 0 Å². The highest BCUT2D eigenvalue weighted by Gasteiger charge is 2.06. The highest BCUT2D eigenvalue weighted by Crippen LogP contribution is 2.15. The first-order valence-electron chi connectivity index (χ1n) is 5.52. The van der Waals surface area contributed by atoms with E-state index in [9.17, 15) is 0 Å². The van der Waals surface area contributed by atoms with Crippen LogP contribution >= 0.6 is 0 Å². The Bertz CT molecular complexity index is 562. The van der Waals surface area contributed by atoms with Gasteiger partial charge in [-0.05, 0) is 17.7 Å². The molecule has 1 aromatic heterocycles. The van der Waals surface area contributed by atoms with Crippen molar-refractivity contribution in [1.82, 2.24) is 15.0 Å². The Morgan fingerprint density at radius 3 is 2.58 bits per heavy atom. The Morgan fingerprint density at radius 1 is 1.05 bits per heavy atom. The van der Waals surface area contributed by atoms with E-state index in [1.165, 1.54) is 7.11 Å². The van der Waals surface area contributed by atoms with Crippen molar-refractivity contribution in [2.75, 3.05) is 20.0 Å². The number of methoxy groups -OCH3 is 2. The molecular formula is C12H14N4O3. The Labute approximate surface area is 110 Å². The average molecular weight is 262 g/mol. The fourth-order valence-corrected chi connectivity index (χ4v) is 1.42. The summed E-state index contributed by atoms with van der Waals surface area (Å²) in [6.07, 6.45) is 0. The molecule has 0 radical (unpaired) electrons. The van der Waals surface area contributed by atoms with Crippen molar-refractivity contribution in [3.63, 3.8) is 0 Å². The quantitative estimate of drug-likeness (QED) is 0.860. The Hall–Kier alpha value is -2.57. The lowest BCUT2D eigenvalue weighted by Gasteiger charge is -2.07. The number of ether oxygens (including phenoxy) is 3. The molecule has 100 valence electrons. The highest BCUT2D eigenvalue weighted by atomic mass is 16.5. The second-order valence-corrected chi connectivity index (χ2v) is 3.60. The van der Waals surface area contributed by atoms with E-state index in [0.29, 0.717) is 6.61 Å². The first-order valence-corrected chi connectivity index (χ1v) is 5.52. The predicted octanol–water partition coefficient (Wildman–Crippen LogP) is 1.05. The van der Waals surface area contributed by atoms with Crippen LogP contribution in [0.25, 0.3) is 0 Å². The van der Waals surface area contributed by atoms with Crippen LogP contribution in [0.1, 0.15) is 5.56 Å². The number of rotatable bonds is 5. The van der Waals surface area contributed by atoms with Gasteiger partial charge in [-0.1, -0.05) is 12.1 Å². The van der Waals surface area contributed by atoms with Crippen LogP contribution in [0.15, 0.2) is 24.3 Å². The number of benzene rings is 1. The molecule has 1 heterocycles. The third kappa shape index (κ3) is 3.44. The van der Waals surface area contributed by atoms with Crippen molar-refractivity contribution in [3.8, 4) is 17.8 Å². The van der Waals surface area contributed by atoms with Crippen molar-refractivity contribution < 1.29 is 14.2 Å². The van der Waals surface area contributed by atoms with Gasteiger partial charge in [-0.3, -0.25) is 0 Å². The molecule has 2 N–H and O–H groups in total. The van der Waals surface area contributed by atoms with Crippen LogP contribution in [0.2, 0.25) is 0 Å². The topological polar surface area (TPSA) is 92.4 Å². The normalized spacial score (nSPS) is 10.0. The number of nitrogens with zero attached hydrogens (tertiary/aromatic N) is 3. The summed E-state index contributed by atoms with van der Waals surface area (Å²) in [7, 11) is 3.05. The van der Waals surface area contributed by atoms with E-state index in [0.717, 1.165) is 11.3 Å². The van der Waals surface area contributed by atoms with E-state index >= 15 is 0 Å². The van der Waals surface area contributed by atoms with E-state index in [1.54, 1.807) is 7.11 Å². The smallest absolute Gasteiger partial charge is 0.324 e. The molecule has 2 rings (SSSR count). The fourth-order valence-electron chi connectivity index (χ4n) is 1.42. The summed E-state index contributed by atoms with van der Waals surface area (Å²) in [5.74, 6) is 0.807. The molecule has 7 nitrogen and oxygen atoms in total. The second-order valence-electron chi connectivity index (χ2n) is 3.60. The molecule has 0 aliphatic heterocycles. The van der Waals surface area contributed by atoms with Crippen molar-refractivity contribution in [3.05, 3.63) is 29.8 Å². The maximum absolute atomic E-state index is 5.51. The molecule has 19 heavy (non-hydrogen) atoms. The molecule has 0 saturated heterocycles. The van der Waals surface area contributed by atoms with Gasteiger partial charge in [0.1, 0.15) is 12.4 Å². The van der Waals surface area contributed by atoms with Gasteiger partial charge in [0.25, 0.3) is 0 Å². The number of nitrogens with two attached hydrogens (primary N) is 1. The number of hydrogen-bond acceptors (Lipinski definition) is 7. The van der Waals surface area contributed by atoms with Crippen LogP contribution < -0.4 is 19.9 Å². The lowest BCUT2D eigenvalue weighted by Crippen LogP contribution is -2.05. The maximum atomic E-state index is 5.51. The molecule has 7 heteroatoms. The predicted molar refractivity (Wildman–Crippen MR) is 68.1 cm³/mol. The molecule has 2 aromatic rings. The number of aromatic nitrogens is 3. The third-order valence-corrected chi connectivity index (χ3v) is 2.30. The minimum Gasteiger partial charge on any atom is -0.497 e. The third-order valence-electron chi connectivity index (χ3n) is 2.30. The molecule has 0 amide bonds. The van der Waals surface area contributed by atoms with Gasteiger partial charge in [0.15, 0.2) is 0 Å². The molecule has 0 atom stereocenters. The zero-order chi connectivity index (χ0) is 13.7. The molecule has 0 saturated carbocycles. The maximum Gasteiger partial charge on any atom is 0.324 e. The molecular weight excluding hydrogens is 248 g/mol. The van der Waals surface area contributed by atoms with Gasteiger partial charge in [0.05, 0.1) is 14.2 Å². The summed E-state index contributed by atoms with van der Waals surface area (Å²) < 4.78 is 15.4. The minimum atomic E-state index is 0.0486. The molecule has 1 aromatic carbocycles. The number of nitrogen functional groups attached to an aromatic ring is 1. The average Bonchev–Trinajstić information content (AvgIpc) is 2.44. The number of anilines is 1. The van der Waals surface area contributed by atoms with E-state index in [1.807, 2.05) is 24.3 Å². The summed E-state index contributed by atoms with van der Waals surface area (Å²) in [5, 5.41) is 0. The van der Waals surface area contributed by atoms with Gasteiger partial charge in [-0.2, -0.15) is 9.97 Å². The summed E-state index contributed by atoms with van der Waals surface area (Å²) in [6, 6.07) is 7.74. The van der Waals surface area contributed by atoms with Crippen molar-refractivity contribution in [2.45, 2.75) is 6.61 Å². The van der Waals surface area contributed by atoms with Crippen LogP contribution in [0.3, 0.4) is 0 Å². The summed E-state index contributed by atoms with van der Waals surface area (Å²) in [6.45, 7) is 0.295. The summed E-state index contributed by atoms with van der Waals surface area (Å²) in [4.78, 5) is 11.6. The zero-order valence-electron chi connectivity index (χ0n) is 10.7. The Kier molecular flexibility index (Phi) is 3.97. The van der Waals surface area contributed by atoms with E-state index < -0.39 is 0 Å². The molecule has 0 bridgehead atoms. The van der Waals surface area contributed by atoms with Gasteiger partial charge in [0, 0.05) is 0 Å². The van der Waals surface area contributed by atoms with Gasteiger partial charge < -0.3 is 19.9 Å². The van der Waals surface area contributed by atoms with Gasteiger partial charge in [-0.25, -0.2) is 0 Å². The molecule has 0 spiro atoms. The summed E-state index contributed by atoms with van der Waals surface area (Å²) in [5.41, 5.74) is 6.44. The van der Waals surface area contributed by atoms with Gasteiger partial charge in [0.2, 0.25) is 5.95 Å². The van der Waals surface area contributed by atoms with Crippen LogP contribution in [-0.4, -0.2) is 29.2 Å². The van der Waals surface area contributed by atoms with E-state index in [-0.39, 0.29) is 18.0 Å². The van der Waals surface area contributed by atoms with Crippen LogP contribution in [0.5, 0.6) is 17.8 Å². The Morgan fingerprint density at radius 2 is 1.84 bits per heavy atom. The fraction of sp³-hybridized carbons (Fsp3) is 0.250. The lowest BCUT2D eigenvalue weighted by atomic mass is 10.2. The monoisotopic (exact) mass is 262 g/mol. The van der Waals surface area contributed by atoms with Crippen molar-refractivity contribution >= 4 is 5.95 Å². The van der Waals surface area contributed by atoms with E-state index in [4.69, 9.17) is 19.9 Å². The van der Waals surface area contributed by atoms with E-state index in [2.05, 4.69) is 15.0 Å². The number of hydrogen-bond donors (Lipinski definition) is 1. The SMILES string of the molecule is COc1cccc(COc2nc(N)nc(OC)n2)c1. The largest absolute Gasteiger partial charge is 0.497 e. The molecule has 0 unspecified atom stereocenters. The Balaban J connectivity index is 2.07. The van der Waals surface area contributed by atoms with Gasteiger partial charge in [-0.15, -0.1) is 4.98 Å². The van der Waals surface area contributed by atoms with Crippen LogP contribution in [0.4, 0.5) is 5.95 Å². The van der Waals surface area contributed by atoms with Gasteiger partial charge >= 0.3 is 12.0 Å². The highest BCUT2D eigenvalue weighted by molar-refractivity contribution is 5.28. The van der Waals surface area contributed by atoms with Crippen molar-refractivity contribution in [1.29, 1.82) is 0 Å². The zero-order valence-corrected chi connectivity index (χ0v) is 10.7. The minimum absolute atomic E-state index is 0.0486. The van der Waals surface area contributed by atoms with Crippen molar-refractivity contribution in [2.24, 2.45) is 0 Å². The first-order chi connectivity index (χ1) is 9.21. The molecule has 0 aliphatic rings. The second kappa shape index (κ2) is 5.85. The van der Waals surface area contributed by atoms with Crippen LogP contribution in [-0.2, 0) is 6.61 Å². The molecule has 0 aliphatic carbocycles.